The minimum absolute atomic E-state index is 0.629. The number of nitrogen functional groups attached to an aromatic ring is 1. The molecule has 1 atom stereocenters. The number of hydrogen-bond acceptors (Lipinski definition) is 2. The fourth-order valence-corrected chi connectivity index (χ4v) is 2.22. The van der Waals surface area contributed by atoms with Crippen LogP contribution in [0.1, 0.15) is 42.9 Å². The van der Waals surface area contributed by atoms with Gasteiger partial charge >= 0.3 is 0 Å². The molecular formula is C18H24N2. The highest BCUT2D eigenvalue weighted by Gasteiger charge is 2.03. The van der Waals surface area contributed by atoms with Gasteiger partial charge in [0.25, 0.3) is 0 Å². The Balaban J connectivity index is 2.02. The van der Waals surface area contributed by atoms with E-state index in [-0.39, 0.29) is 0 Å². The van der Waals surface area contributed by atoms with Gasteiger partial charge in [-0.3, -0.25) is 0 Å². The summed E-state index contributed by atoms with van der Waals surface area (Å²) in [5.41, 5.74) is 11.7. The summed E-state index contributed by atoms with van der Waals surface area (Å²) in [6.45, 7) is 7.36. The van der Waals surface area contributed by atoms with Gasteiger partial charge in [-0.2, -0.15) is 0 Å². The summed E-state index contributed by atoms with van der Waals surface area (Å²) in [5.74, 6) is 0.629. The minimum Gasteiger partial charge on any atom is -0.397 e. The smallest absolute Gasteiger partial charge is 0.0579 e. The molecule has 0 fully saturated rings. The van der Waals surface area contributed by atoms with E-state index in [1.165, 1.54) is 23.1 Å². The Morgan fingerprint density at radius 3 is 2.45 bits per heavy atom. The summed E-state index contributed by atoms with van der Waals surface area (Å²) in [4.78, 5) is 0. The van der Waals surface area contributed by atoms with E-state index in [4.69, 9.17) is 5.73 Å². The van der Waals surface area contributed by atoms with Crippen molar-refractivity contribution in [3.05, 3.63) is 59.2 Å². The first-order chi connectivity index (χ1) is 9.60. The maximum absolute atomic E-state index is 5.97. The second-order valence-corrected chi connectivity index (χ2v) is 5.50. The van der Waals surface area contributed by atoms with Crippen LogP contribution in [0, 0.1) is 6.92 Å². The van der Waals surface area contributed by atoms with Gasteiger partial charge in [0, 0.05) is 6.54 Å². The summed E-state index contributed by atoms with van der Waals surface area (Å²) >= 11 is 0. The number of anilines is 2. The SMILES string of the molecule is CCC(C)c1ccc(CNc2cc(C)ccc2N)cc1. The number of nitrogens with one attached hydrogen (secondary N) is 1. The predicted molar refractivity (Wildman–Crippen MR) is 88.1 cm³/mol. The molecular weight excluding hydrogens is 244 g/mol. The molecule has 0 spiro atoms. The van der Waals surface area contributed by atoms with Crippen LogP contribution in [0.5, 0.6) is 0 Å². The average Bonchev–Trinajstić information content (AvgIpc) is 2.48. The zero-order valence-electron chi connectivity index (χ0n) is 12.6. The van der Waals surface area contributed by atoms with E-state index in [9.17, 15) is 0 Å². The quantitative estimate of drug-likeness (QED) is 0.771. The molecule has 2 aromatic rings. The Bertz CT molecular complexity index is 558. The van der Waals surface area contributed by atoms with Crippen molar-refractivity contribution in [2.75, 3.05) is 11.1 Å². The van der Waals surface area contributed by atoms with Crippen LogP contribution in [0.25, 0.3) is 0 Å². The Hall–Kier alpha value is -1.96. The number of rotatable bonds is 5. The van der Waals surface area contributed by atoms with Crippen molar-refractivity contribution >= 4 is 11.4 Å². The standard InChI is InChI=1S/C18H24N2/c1-4-14(3)16-8-6-15(7-9-16)12-20-18-11-13(2)5-10-17(18)19/h5-11,14,20H,4,12,19H2,1-3H3. The molecule has 106 valence electrons. The Morgan fingerprint density at radius 2 is 1.80 bits per heavy atom. The zero-order valence-corrected chi connectivity index (χ0v) is 12.6. The Labute approximate surface area is 122 Å². The molecule has 0 radical (unpaired) electrons. The van der Waals surface area contributed by atoms with Crippen molar-refractivity contribution in [1.82, 2.24) is 0 Å². The molecule has 0 amide bonds. The summed E-state index contributed by atoms with van der Waals surface area (Å²) in [7, 11) is 0. The molecule has 0 aliphatic carbocycles. The maximum atomic E-state index is 5.97. The van der Waals surface area contributed by atoms with Crippen LogP contribution in [0.3, 0.4) is 0 Å². The third-order valence-corrected chi connectivity index (χ3v) is 3.85. The van der Waals surface area contributed by atoms with Gasteiger partial charge in [-0.05, 0) is 48.1 Å². The van der Waals surface area contributed by atoms with Crippen molar-refractivity contribution < 1.29 is 0 Å². The molecule has 2 aromatic carbocycles. The molecule has 2 heteroatoms. The summed E-state index contributed by atoms with van der Waals surface area (Å²) in [6.07, 6.45) is 1.18. The van der Waals surface area contributed by atoms with Crippen molar-refractivity contribution in [1.29, 1.82) is 0 Å². The lowest BCUT2D eigenvalue weighted by Crippen LogP contribution is -2.03. The molecule has 0 heterocycles. The van der Waals surface area contributed by atoms with Crippen molar-refractivity contribution in [2.24, 2.45) is 0 Å². The van der Waals surface area contributed by atoms with E-state index >= 15 is 0 Å². The van der Waals surface area contributed by atoms with E-state index < -0.39 is 0 Å². The van der Waals surface area contributed by atoms with Crippen LogP contribution >= 0.6 is 0 Å². The minimum atomic E-state index is 0.629. The number of benzene rings is 2. The second-order valence-electron chi connectivity index (χ2n) is 5.50. The average molecular weight is 268 g/mol. The van der Waals surface area contributed by atoms with E-state index in [0.29, 0.717) is 5.92 Å². The lowest BCUT2D eigenvalue weighted by Gasteiger charge is -2.12. The monoisotopic (exact) mass is 268 g/mol. The van der Waals surface area contributed by atoms with E-state index in [1.54, 1.807) is 0 Å². The van der Waals surface area contributed by atoms with E-state index in [1.807, 2.05) is 12.1 Å². The van der Waals surface area contributed by atoms with Gasteiger partial charge in [0.2, 0.25) is 0 Å². The lowest BCUT2D eigenvalue weighted by molar-refractivity contribution is 0.733. The van der Waals surface area contributed by atoms with Crippen LogP contribution in [0.2, 0.25) is 0 Å². The van der Waals surface area contributed by atoms with Crippen molar-refractivity contribution in [3.8, 4) is 0 Å². The zero-order chi connectivity index (χ0) is 14.5. The first kappa shape index (κ1) is 14.4. The molecule has 0 aliphatic rings. The molecule has 0 bridgehead atoms. The molecule has 0 aromatic heterocycles. The first-order valence-corrected chi connectivity index (χ1v) is 7.29. The van der Waals surface area contributed by atoms with Gasteiger partial charge in [0.15, 0.2) is 0 Å². The highest BCUT2D eigenvalue weighted by molar-refractivity contribution is 5.67. The van der Waals surface area contributed by atoms with Crippen LogP contribution in [0.4, 0.5) is 11.4 Å². The van der Waals surface area contributed by atoms with Gasteiger partial charge in [-0.1, -0.05) is 44.2 Å². The third kappa shape index (κ3) is 3.53. The van der Waals surface area contributed by atoms with Gasteiger partial charge < -0.3 is 11.1 Å². The van der Waals surface area contributed by atoms with Crippen LogP contribution in [-0.4, -0.2) is 0 Å². The van der Waals surface area contributed by atoms with Crippen molar-refractivity contribution in [2.45, 2.75) is 39.7 Å². The second kappa shape index (κ2) is 6.47. The Kier molecular flexibility index (Phi) is 4.67. The van der Waals surface area contributed by atoms with E-state index in [0.717, 1.165) is 17.9 Å². The van der Waals surface area contributed by atoms with Crippen LogP contribution in [-0.2, 0) is 6.54 Å². The maximum Gasteiger partial charge on any atom is 0.0579 e. The topological polar surface area (TPSA) is 38.0 Å². The fraction of sp³-hybridized carbons (Fsp3) is 0.333. The first-order valence-electron chi connectivity index (χ1n) is 7.29. The lowest BCUT2D eigenvalue weighted by atomic mass is 9.98. The number of hydrogen-bond donors (Lipinski definition) is 2. The highest BCUT2D eigenvalue weighted by atomic mass is 14.9. The third-order valence-electron chi connectivity index (χ3n) is 3.85. The molecule has 0 saturated heterocycles. The van der Waals surface area contributed by atoms with Crippen LogP contribution in [0.15, 0.2) is 42.5 Å². The number of aryl methyl sites for hydroxylation is 1. The summed E-state index contributed by atoms with van der Waals surface area (Å²) in [6, 6.07) is 14.9. The summed E-state index contributed by atoms with van der Waals surface area (Å²) in [5, 5.41) is 3.41. The fourth-order valence-electron chi connectivity index (χ4n) is 2.22. The molecule has 0 aliphatic heterocycles. The van der Waals surface area contributed by atoms with Crippen molar-refractivity contribution in [3.63, 3.8) is 0 Å². The highest BCUT2D eigenvalue weighted by Crippen LogP contribution is 2.22. The Morgan fingerprint density at radius 1 is 1.10 bits per heavy atom. The van der Waals surface area contributed by atoms with Crippen LogP contribution < -0.4 is 11.1 Å². The molecule has 2 nitrogen and oxygen atoms in total. The van der Waals surface area contributed by atoms with Gasteiger partial charge in [-0.25, -0.2) is 0 Å². The molecule has 3 N–H and O–H groups in total. The van der Waals surface area contributed by atoms with Gasteiger partial charge in [-0.15, -0.1) is 0 Å². The number of nitrogens with two attached hydrogens (primary N) is 1. The van der Waals surface area contributed by atoms with Gasteiger partial charge in [0.05, 0.1) is 11.4 Å². The summed E-state index contributed by atoms with van der Waals surface area (Å²) < 4.78 is 0. The largest absolute Gasteiger partial charge is 0.397 e. The molecule has 20 heavy (non-hydrogen) atoms. The normalized spacial score (nSPS) is 12.2. The van der Waals surface area contributed by atoms with Gasteiger partial charge in [0.1, 0.15) is 0 Å². The van der Waals surface area contributed by atoms with E-state index in [2.05, 4.69) is 56.4 Å². The molecule has 1 unspecified atom stereocenters. The molecule has 2 rings (SSSR count). The molecule has 0 saturated carbocycles. The predicted octanol–water partition coefficient (Wildman–Crippen LogP) is 4.70.